The third kappa shape index (κ3) is 2.76. The van der Waals surface area contributed by atoms with Gasteiger partial charge >= 0.3 is 0 Å². The molecule has 2 heterocycles. The number of nitrogens with zero attached hydrogens (tertiary/aromatic N) is 5. The van der Waals surface area contributed by atoms with Gasteiger partial charge in [-0.2, -0.15) is 0 Å². The van der Waals surface area contributed by atoms with E-state index in [1.165, 1.54) is 0 Å². The Labute approximate surface area is 128 Å². The van der Waals surface area contributed by atoms with Gasteiger partial charge in [0.1, 0.15) is 0 Å². The van der Waals surface area contributed by atoms with Crippen LogP contribution >= 0.6 is 0 Å². The normalized spacial score (nSPS) is 21.4. The summed E-state index contributed by atoms with van der Waals surface area (Å²) in [5.74, 6) is 0.217. The van der Waals surface area contributed by atoms with Crippen molar-refractivity contribution < 1.29 is 9.59 Å². The van der Waals surface area contributed by atoms with Crippen LogP contribution in [-0.2, 0) is 9.59 Å². The van der Waals surface area contributed by atoms with E-state index in [-0.39, 0.29) is 17.7 Å². The molecule has 1 unspecified atom stereocenters. The summed E-state index contributed by atoms with van der Waals surface area (Å²) in [6, 6.07) is 7.52. The van der Waals surface area contributed by atoms with Crippen molar-refractivity contribution in [2.45, 2.75) is 19.3 Å². The average molecular weight is 299 g/mol. The minimum Gasteiger partial charge on any atom is -0.312 e. The summed E-state index contributed by atoms with van der Waals surface area (Å²) < 4.78 is 0. The zero-order valence-corrected chi connectivity index (χ0v) is 12.2. The van der Waals surface area contributed by atoms with Gasteiger partial charge in [0.2, 0.25) is 11.8 Å². The molecule has 2 saturated heterocycles. The molecule has 7 heteroatoms. The molecule has 0 saturated carbocycles. The monoisotopic (exact) mass is 299 g/mol. The van der Waals surface area contributed by atoms with E-state index in [4.69, 9.17) is 5.53 Å². The van der Waals surface area contributed by atoms with Gasteiger partial charge in [0.05, 0.1) is 0 Å². The standard InChI is InChI=1S/C15H17N5O2/c16-18-17-9-11-7-15(22)20(10-11)13-4-1-3-12(8-13)19-6-2-5-14(19)21/h1,3-4,8,11H,2,5-7,9-10H2. The van der Waals surface area contributed by atoms with E-state index in [2.05, 4.69) is 10.0 Å². The van der Waals surface area contributed by atoms with Crippen molar-refractivity contribution >= 4 is 23.2 Å². The highest BCUT2D eigenvalue weighted by Crippen LogP contribution is 2.30. The Hall–Kier alpha value is -2.53. The van der Waals surface area contributed by atoms with Crippen LogP contribution in [-0.4, -0.2) is 31.4 Å². The lowest BCUT2D eigenvalue weighted by Gasteiger charge is -2.21. The third-order valence-electron chi connectivity index (χ3n) is 4.13. The molecule has 0 N–H and O–H groups in total. The summed E-state index contributed by atoms with van der Waals surface area (Å²) in [4.78, 5) is 30.2. The van der Waals surface area contributed by atoms with E-state index in [9.17, 15) is 9.59 Å². The van der Waals surface area contributed by atoms with Gasteiger partial charge in [0, 0.05) is 48.8 Å². The highest BCUT2D eigenvalue weighted by molar-refractivity contribution is 5.98. The molecule has 1 aromatic rings. The topological polar surface area (TPSA) is 89.4 Å². The number of hydrogen-bond donors (Lipinski definition) is 0. The maximum atomic E-state index is 12.2. The van der Waals surface area contributed by atoms with Crippen molar-refractivity contribution in [2.24, 2.45) is 11.0 Å². The molecule has 3 rings (SSSR count). The minimum atomic E-state index is 0.0306. The van der Waals surface area contributed by atoms with Crippen molar-refractivity contribution in [3.05, 3.63) is 34.7 Å². The molecule has 0 radical (unpaired) electrons. The van der Waals surface area contributed by atoms with Gasteiger partial charge < -0.3 is 9.80 Å². The molecule has 0 bridgehead atoms. The first-order chi connectivity index (χ1) is 10.7. The lowest BCUT2D eigenvalue weighted by Crippen LogP contribution is -2.26. The smallest absolute Gasteiger partial charge is 0.227 e. The highest BCUT2D eigenvalue weighted by Gasteiger charge is 2.30. The van der Waals surface area contributed by atoms with Gasteiger partial charge in [-0.1, -0.05) is 11.2 Å². The lowest BCUT2D eigenvalue weighted by molar-refractivity contribution is -0.117. The summed E-state index contributed by atoms with van der Waals surface area (Å²) in [5, 5.41) is 3.56. The maximum absolute atomic E-state index is 12.2. The van der Waals surface area contributed by atoms with Gasteiger partial charge in [0.15, 0.2) is 0 Å². The van der Waals surface area contributed by atoms with Crippen molar-refractivity contribution in [1.29, 1.82) is 0 Å². The Bertz CT molecular complexity index is 653. The van der Waals surface area contributed by atoms with Crippen LogP contribution in [0, 0.1) is 5.92 Å². The third-order valence-corrected chi connectivity index (χ3v) is 4.13. The van der Waals surface area contributed by atoms with E-state index in [1.54, 1.807) is 9.80 Å². The number of carbonyl (C=O) groups is 2. The van der Waals surface area contributed by atoms with Crippen LogP contribution in [0.4, 0.5) is 11.4 Å². The molecule has 22 heavy (non-hydrogen) atoms. The van der Waals surface area contributed by atoms with Gasteiger partial charge in [-0.05, 0) is 36.1 Å². The first kappa shape index (κ1) is 14.4. The quantitative estimate of drug-likeness (QED) is 0.485. The molecule has 2 amide bonds. The minimum absolute atomic E-state index is 0.0306. The van der Waals surface area contributed by atoms with Crippen LogP contribution in [0.2, 0.25) is 0 Å². The van der Waals surface area contributed by atoms with Crippen LogP contribution in [0.15, 0.2) is 29.4 Å². The van der Waals surface area contributed by atoms with Crippen LogP contribution in [0.3, 0.4) is 0 Å². The van der Waals surface area contributed by atoms with Crippen molar-refractivity contribution in [3.63, 3.8) is 0 Å². The molecular weight excluding hydrogens is 282 g/mol. The average Bonchev–Trinajstić information content (AvgIpc) is 3.11. The molecular formula is C15H17N5O2. The van der Waals surface area contributed by atoms with E-state index < -0.39 is 0 Å². The summed E-state index contributed by atoms with van der Waals surface area (Å²) in [6.07, 6.45) is 1.85. The van der Waals surface area contributed by atoms with E-state index >= 15 is 0 Å². The van der Waals surface area contributed by atoms with Crippen LogP contribution in [0.25, 0.3) is 10.4 Å². The summed E-state index contributed by atoms with van der Waals surface area (Å²) in [5.41, 5.74) is 10.0. The van der Waals surface area contributed by atoms with Gasteiger partial charge in [-0.3, -0.25) is 9.59 Å². The van der Waals surface area contributed by atoms with Crippen LogP contribution in [0.1, 0.15) is 19.3 Å². The second kappa shape index (κ2) is 6.07. The van der Waals surface area contributed by atoms with Crippen molar-refractivity contribution in [1.82, 2.24) is 0 Å². The molecule has 7 nitrogen and oxygen atoms in total. The number of carbonyl (C=O) groups excluding carboxylic acids is 2. The van der Waals surface area contributed by atoms with E-state index in [0.29, 0.717) is 25.9 Å². The number of hydrogen-bond acceptors (Lipinski definition) is 3. The summed E-state index contributed by atoms with van der Waals surface area (Å²) >= 11 is 0. The molecule has 114 valence electrons. The largest absolute Gasteiger partial charge is 0.312 e. The number of benzene rings is 1. The Balaban J connectivity index is 1.79. The molecule has 2 fully saturated rings. The number of anilines is 2. The predicted octanol–water partition coefficient (Wildman–Crippen LogP) is 2.48. The first-order valence-corrected chi connectivity index (χ1v) is 7.40. The summed E-state index contributed by atoms with van der Waals surface area (Å²) in [7, 11) is 0. The second-order valence-corrected chi connectivity index (χ2v) is 5.66. The molecule has 1 aromatic carbocycles. The first-order valence-electron chi connectivity index (χ1n) is 7.40. The van der Waals surface area contributed by atoms with Crippen LogP contribution < -0.4 is 9.80 Å². The van der Waals surface area contributed by atoms with Gasteiger partial charge in [-0.25, -0.2) is 0 Å². The molecule has 2 aliphatic rings. The second-order valence-electron chi connectivity index (χ2n) is 5.66. The Morgan fingerprint density at radius 1 is 1.23 bits per heavy atom. The molecule has 0 aliphatic carbocycles. The number of amides is 2. The molecule has 0 spiro atoms. The van der Waals surface area contributed by atoms with E-state index in [1.807, 2.05) is 24.3 Å². The zero-order valence-electron chi connectivity index (χ0n) is 12.2. The number of rotatable bonds is 4. The van der Waals surface area contributed by atoms with Crippen molar-refractivity contribution in [3.8, 4) is 0 Å². The molecule has 0 aromatic heterocycles. The van der Waals surface area contributed by atoms with Crippen molar-refractivity contribution in [2.75, 3.05) is 29.4 Å². The van der Waals surface area contributed by atoms with Crippen LogP contribution in [0.5, 0.6) is 0 Å². The van der Waals surface area contributed by atoms with Gasteiger partial charge in [0.25, 0.3) is 0 Å². The van der Waals surface area contributed by atoms with Gasteiger partial charge in [-0.15, -0.1) is 0 Å². The van der Waals surface area contributed by atoms with E-state index in [0.717, 1.165) is 24.3 Å². The fraction of sp³-hybridized carbons (Fsp3) is 0.467. The SMILES string of the molecule is [N-]=[N+]=NCC1CC(=O)N(c2cccc(N3CCCC3=O)c2)C1. The summed E-state index contributed by atoms with van der Waals surface area (Å²) in [6.45, 7) is 1.62. The maximum Gasteiger partial charge on any atom is 0.227 e. The zero-order chi connectivity index (χ0) is 15.5. The Kier molecular flexibility index (Phi) is 3.98. The molecule has 1 atom stereocenters. The highest BCUT2D eigenvalue weighted by atomic mass is 16.2. The fourth-order valence-corrected chi connectivity index (χ4v) is 3.06. The predicted molar refractivity (Wildman–Crippen MR) is 82.5 cm³/mol. The molecule has 2 aliphatic heterocycles. The number of azide groups is 1. The Morgan fingerprint density at radius 3 is 2.68 bits per heavy atom. The fourth-order valence-electron chi connectivity index (χ4n) is 3.06. The lowest BCUT2D eigenvalue weighted by atomic mass is 10.1. The Morgan fingerprint density at radius 2 is 2.00 bits per heavy atom.